The van der Waals surface area contributed by atoms with E-state index >= 15 is 0 Å². The predicted octanol–water partition coefficient (Wildman–Crippen LogP) is 4.68. The maximum Gasteiger partial charge on any atom is 0.295 e. The Kier molecular flexibility index (Phi) is 6.72. The van der Waals surface area contributed by atoms with Gasteiger partial charge in [-0.1, -0.05) is 29.8 Å². The molecular formula is C25H25ClN2O5. The van der Waals surface area contributed by atoms with E-state index < -0.39 is 17.7 Å². The summed E-state index contributed by atoms with van der Waals surface area (Å²) in [5.74, 6) is -1.26. The average molecular weight is 469 g/mol. The van der Waals surface area contributed by atoms with Crippen molar-refractivity contribution < 1.29 is 24.2 Å². The molecule has 0 bridgehead atoms. The molecule has 172 valence electrons. The Morgan fingerprint density at radius 2 is 2.00 bits per heavy atom. The van der Waals surface area contributed by atoms with Gasteiger partial charge in [-0.25, -0.2) is 0 Å². The lowest BCUT2D eigenvalue weighted by Gasteiger charge is -2.24. The highest BCUT2D eigenvalue weighted by molar-refractivity contribution is 6.46. The topological polar surface area (TPSA) is 91.9 Å². The molecule has 1 fully saturated rings. The number of rotatable bonds is 8. The highest BCUT2D eigenvalue weighted by Gasteiger charge is 2.46. The molecule has 1 unspecified atom stereocenters. The second-order valence-electron chi connectivity index (χ2n) is 7.71. The summed E-state index contributed by atoms with van der Waals surface area (Å²) in [6.07, 6.45) is 2.34. The fourth-order valence-electron chi connectivity index (χ4n) is 4.21. The molecule has 2 heterocycles. The molecule has 1 saturated heterocycles. The fraction of sp³-hybridized carbons (Fsp3) is 0.280. The molecule has 1 aliphatic rings. The summed E-state index contributed by atoms with van der Waals surface area (Å²) in [4.78, 5) is 30.9. The van der Waals surface area contributed by atoms with Crippen LogP contribution in [0.15, 0.2) is 54.2 Å². The van der Waals surface area contributed by atoms with Gasteiger partial charge in [-0.05, 0) is 37.6 Å². The molecule has 0 spiro atoms. The van der Waals surface area contributed by atoms with Crippen LogP contribution in [0.1, 0.15) is 30.5 Å². The van der Waals surface area contributed by atoms with Gasteiger partial charge in [-0.3, -0.25) is 9.59 Å². The van der Waals surface area contributed by atoms with Crippen molar-refractivity contribution in [2.24, 2.45) is 0 Å². The lowest BCUT2D eigenvalue weighted by Crippen LogP contribution is -2.31. The summed E-state index contributed by atoms with van der Waals surface area (Å²) in [6, 6.07) is 11.7. The zero-order chi connectivity index (χ0) is 23.5. The Bertz CT molecular complexity index is 1230. The lowest BCUT2D eigenvalue weighted by molar-refractivity contribution is -0.140. The monoisotopic (exact) mass is 468 g/mol. The van der Waals surface area contributed by atoms with Crippen molar-refractivity contribution in [3.8, 4) is 5.75 Å². The molecule has 1 aliphatic heterocycles. The number of aliphatic hydroxyl groups is 1. The van der Waals surface area contributed by atoms with Crippen LogP contribution in [0, 0.1) is 0 Å². The molecule has 4 rings (SSSR count). The zero-order valence-electron chi connectivity index (χ0n) is 18.4. The van der Waals surface area contributed by atoms with E-state index in [-0.39, 0.29) is 11.3 Å². The van der Waals surface area contributed by atoms with Gasteiger partial charge >= 0.3 is 0 Å². The minimum atomic E-state index is -0.746. The molecule has 0 radical (unpaired) electrons. The minimum Gasteiger partial charge on any atom is -0.507 e. The van der Waals surface area contributed by atoms with Crippen LogP contribution in [0.25, 0.3) is 16.7 Å². The Balaban J connectivity index is 1.88. The van der Waals surface area contributed by atoms with Gasteiger partial charge in [-0.15, -0.1) is 0 Å². The Labute approximate surface area is 196 Å². The number of Topliss-reactive ketones (excluding diaryl/α,β-unsaturated/α-hetero) is 1. The maximum absolute atomic E-state index is 13.2. The first-order valence-electron chi connectivity index (χ1n) is 10.7. The van der Waals surface area contributed by atoms with Crippen LogP contribution in [0.3, 0.4) is 0 Å². The summed E-state index contributed by atoms with van der Waals surface area (Å²) >= 11 is 6.19. The quantitative estimate of drug-likeness (QED) is 0.217. The van der Waals surface area contributed by atoms with Gasteiger partial charge in [-0.2, -0.15) is 0 Å². The van der Waals surface area contributed by atoms with E-state index in [1.54, 1.807) is 31.5 Å². The van der Waals surface area contributed by atoms with Crippen molar-refractivity contribution in [1.29, 1.82) is 0 Å². The number of hydrogen-bond acceptors (Lipinski definition) is 5. The SMILES string of the molecule is CCOc1cc(/C(O)=C2\C(=O)C(=O)N(CCCOC)C2c2c[nH]c3ccccc23)ccc1Cl. The molecular weight excluding hydrogens is 444 g/mol. The van der Waals surface area contributed by atoms with Crippen molar-refractivity contribution in [3.63, 3.8) is 0 Å². The number of nitrogens with zero attached hydrogens (tertiary/aromatic N) is 1. The second-order valence-corrected chi connectivity index (χ2v) is 8.11. The highest BCUT2D eigenvalue weighted by Crippen LogP contribution is 2.42. The third-order valence-electron chi connectivity index (χ3n) is 5.71. The van der Waals surface area contributed by atoms with Crippen molar-refractivity contribution in [1.82, 2.24) is 9.88 Å². The molecule has 33 heavy (non-hydrogen) atoms. The number of amides is 1. The molecule has 7 nitrogen and oxygen atoms in total. The number of hydrogen-bond donors (Lipinski definition) is 2. The number of fused-ring (bicyclic) bond motifs is 1. The van der Waals surface area contributed by atoms with Gasteiger partial charge in [0, 0.05) is 48.5 Å². The largest absolute Gasteiger partial charge is 0.507 e. The van der Waals surface area contributed by atoms with E-state index in [1.165, 1.54) is 4.90 Å². The summed E-state index contributed by atoms with van der Waals surface area (Å²) in [5.41, 5.74) is 2.00. The van der Waals surface area contributed by atoms with Crippen molar-refractivity contribution >= 4 is 40.0 Å². The molecule has 1 aromatic heterocycles. The third-order valence-corrected chi connectivity index (χ3v) is 6.02. The van der Waals surface area contributed by atoms with E-state index in [2.05, 4.69) is 4.98 Å². The number of H-pyrrole nitrogens is 1. The number of aromatic nitrogens is 1. The van der Waals surface area contributed by atoms with Crippen LogP contribution in [-0.4, -0.2) is 53.5 Å². The number of ether oxygens (including phenoxy) is 2. The predicted molar refractivity (Wildman–Crippen MR) is 126 cm³/mol. The number of carbonyl (C=O) groups is 2. The van der Waals surface area contributed by atoms with Crippen LogP contribution in [0.5, 0.6) is 5.75 Å². The molecule has 1 amide bonds. The first kappa shape index (κ1) is 22.9. The van der Waals surface area contributed by atoms with Crippen molar-refractivity contribution in [3.05, 3.63) is 70.4 Å². The van der Waals surface area contributed by atoms with Gasteiger partial charge in [0.2, 0.25) is 0 Å². The van der Waals surface area contributed by atoms with Crippen molar-refractivity contribution in [2.45, 2.75) is 19.4 Å². The van der Waals surface area contributed by atoms with E-state index in [0.29, 0.717) is 42.5 Å². The number of ketones is 1. The highest BCUT2D eigenvalue weighted by atomic mass is 35.5. The van der Waals surface area contributed by atoms with Gasteiger partial charge in [0.25, 0.3) is 11.7 Å². The zero-order valence-corrected chi connectivity index (χ0v) is 19.2. The number of halogens is 1. The number of nitrogens with one attached hydrogen (secondary N) is 1. The first-order valence-corrected chi connectivity index (χ1v) is 11.1. The van der Waals surface area contributed by atoms with Crippen LogP contribution < -0.4 is 4.74 Å². The number of aliphatic hydroxyl groups excluding tert-OH is 1. The van der Waals surface area contributed by atoms with Gasteiger partial charge in [0.15, 0.2) is 0 Å². The Morgan fingerprint density at radius 3 is 2.76 bits per heavy atom. The minimum absolute atomic E-state index is 0.0342. The summed E-state index contributed by atoms with van der Waals surface area (Å²) in [7, 11) is 1.59. The normalized spacial score (nSPS) is 17.8. The Hall–Kier alpha value is -3.29. The third kappa shape index (κ3) is 4.21. The summed E-state index contributed by atoms with van der Waals surface area (Å²) in [5, 5.41) is 12.5. The smallest absolute Gasteiger partial charge is 0.295 e. The lowest BCUT2D eigenvalue weighted by atomic mass is 9.95. The Morgan fingerprint density at radius 1 is 1.21 bits per heavy atom. The van der Waals surface area contributed by atoms with Crippen LogP contribution in [-0.2, 0) is 14.3 Å². The van der Waals surface area contributed by atoms with Gasteiger partial charge in [0.1, 0.15) is 11.5 Å². The average Bonchev–Trinajstić information content (AvgIpc) is 3.34. The summed E-state index contributed by atoms with van der Waals surface area (Å²) in [6.45, 7) is 2.97. The molecule has 2 N–H and O–H groups in total. The number of benzene rings is 2. The molecule has 3 aromatic rings. The number of para-hydroxylation sites is 1. The van der Waals surface area contributed by atoms with Gasteiger partial charge in [0.05, 0.1) is 23.2 Å². The maximum atomic E-state index is 13.2. The molecule has 0 aliphatic carbocycles. The summed E-state index contributed by atoms with van der Waals surface area (Å²) < 4.78 is 10.7. The van der Waals surface area contributed by atoms with E-state index in [0.717, 1.165) is 16.5 Å². The van der Waals surface area contributed by atoms with E-state index in [1.807, 2.05) is 31.2 Å². The standard InChI is InChI=1S/C25H25ClN2O5/c1-3-33-20-13-15(9-10-18(20)26)23(29)21-22(17-14-27-19-8-5-4-7-16(17)19)28(11-6-12-32-2)25(31)24(21)30/h4-5,7-10,13-14,22,27,29H,3,6,11-12H2,1-2H3/b23-21+. The van der Waals surface area contributed by atoms with E-state index in [9.17, 15) is 14.7 Å². The fourth-order valence-corrected chi connectivity index (χ4v) is 4.38. The molecule has 8 heteroatoms. The molecule has 1 atom stereocenters. The number of aromatic amines is 1. The number of likely N-dealkylation sites (tertiary alicyclic amines) is 1. The van der Waals surface area contributed by atoms with Gasteiger partial charge < -0.3 is 24.5 Å². The number of carbonyl (C=O) groups excluding carboxylic acids is 2. The van der Waals surface area contributed by atoms with E-state index in [4.69, 9.17) is 21.1 Å². The first-order chi connectivity index (χ1) is 16.0. The van der Waals surface area contributed by atoms with Crippen LogP contribution in [0.4, 0.5) is 0 Å². The van der Waals surface area contributed by atoms with Crippen molar-refractivity contribution in [2.75, 3.05) is 26.9 Å². The second kappa shape index (κ2) is 9.68. The number of methoxy groups -OCH3 is 1. The molecule has 0 saturated carbocycles. The van der Waals surface area contributed by atoms with Crippen LogP contribution >= 0.6 is 11.6 Å². The van der Waals surface area contributed by atoms with Crippen LogP contribution in [0.2, 0.25) is 5.02 Å². The molecule has 2 aromatic carbocycles.